The molecule has 2 rings (SSSR count). The Bertz CT molecular complexity index is 362. The monoisotopic (exact) mass is 179 g/mol. The number of aromatic nitrogens is 6. The number of nitrogens with zero attached hydrogens (tertiary/aromatic N) is 4. The molecule has 0 spiro atoms. The summed E-state index contributed by atoms with van der Waals surface area (Å²) in [5.74, 6) is 0.487. The van der Waals surface area contributed by atoms with Gasteiger partial charge in [0.25, 0.3) is 5.95 Å². The van der Waals surface area contributed by atoms with E-state index in [1.165, 1.54) is 0 Å². The summed E-state index contributed by atoms with van der Waals surface area (Å²) in [5, 5.41) is 23.0. The molecule has 0 radical (unpaired) electrons. The molecule has 0 fully saturated rings. The third-order valence-corrected chi connectivity index (χ3v) is 1.72. The molecule has 0 bridgehead atoms. The van der Waals surface area contributed by atoms with Crippen LogP contribution in [0.3, 0.4) is 0 Å². The average molecular weight is 179 g/mol. The SMILES string of the molecule is Cc1[nH]ncc1CNc1nn[nH]n1. The van der Waals surface area contributed by atoms with Crippen LogP contribution in [0.4, 0.5) is 5.95 Å². The molecular weight excluding hydrogens is 170 g/mol. The maximum Gasteiger partial charge on any atom is 0.263 e. The first kappa shape index (κ1) is 7.71. The van der Waals surface area contributed by atoms with E-state index >= 15 is 0 Å². The van der Waals surface area contributed by atoms with Gasteiger partial charge in [-0.3, -0.25) is 5.10 Å². The maximum absolute atomic E-state index is 3.89. The highest BCUT2D eigenvalue weighted by Gasteiger charge is 2.01. The minimum Gasteiger partial charge on any atom is -0.347 e. The van der Waals surface area contributed by atoms with Gasteiger partial charge in [-0.25, -0.2) is 0 Å². The fraction of sp³-hybridized carbons (Fsp3) is 0.333. The van der Waals surface area contributed by atoms with Crippen molar-refractivity contribution >= 4 is 5.95 Å². The summed E-state index contributed by atoms with van der Waals surface area (Å²) in [6, 6.07) is 0. The van der Waals surface area contributed by atoms with E-state index in [4.69, 9.17) is 0 Å². The number of hydrogen-bond acceptors (Lipinski definition) is 5. The van der Waals surface area contributed by atoms with Crippen molar-refractivity contribution in [2.45, 2.75) is 13.5 Å². The molecule has 0 aromatic carbocycles. The van der Waals surface area contributed by atoms with Gasteiger partial charge in [0.1, 0.15) is 0 Å². The minimum atomic E-state index is 0.487. The van der Waals surface area contributed by atoms with Gasteiger partial charge in [-0.1, -0.05) is 5.10 Å². The van der Waals surface area contributed by atoms with E-state index in [1.54, 1.807) is 6.20 Å². The lowest BCUT2D eigenvalue weighted by atomic mass is 10.3. The number of aryl methyl sites for hydroxylation is 1. The lowest BCUT2D eigenvalue weighted by molar-refractivity contribution is 0.881. The third-order valence-electron chi connectivity index (χ3n) is 1.72. The van der Waals surface area contributed by atoms with Crippen molar-refractivity contribution in [2.75, 3.05) is 5.32 Å². The van der Waals surface area contributed by atoms with E-state index in [0.29, 0.717) is 12.5 Å². The molecule has 3 N–H and O–H groups in total. The van der Waals surface area contributed by atoms with Gasteiger partial charge in [-0.15, -0.1) is 5.10 Å². The van der Waals surface area contributed by atoms with Gasteiger partial charge >= 0.3 is 0 Å². The van der Waals surface area contributed by atoms with E-state index < -0.39 is 0 Å². The van der Waals surface area contributed by atoms with Gasteiger partial charge in [0.05, 0.1) is 6.20 Å². The van der Waals surface area contributed by atoms with Crippen molar-refractivity contribution in [3.8, 4) is 0 Å². The van der Waals surface area contributed by atoms with E-state index in [-0.39, 0.29) is 0 Å². The Labute approximate surface area is 73.9 Å². The summed E-state index contributed by atoms with van der Waals surface area (Å²) >= 11 is 0. The van der Waals surface area contributed by atoms with Gasteiger partial charge in [0.15, 0.2) is 0 Å². The molecular formula is C6H9N7. The zero-order chi connectivity index (χ0) is 9.10. The molecule has 7 nitrogen and oxygen atoms in total. The number of hydrogen-bond donors (Lipinski definition) is 3. The zero-order valence-corrected chi connectivity index (χ0v) is 7.07. The first-order valence-electron chi connectivity index (χ1n) is 3.82. The number of aromatic amines is 2. The highest BCUT2D eigenvalue weighted by Crippen LogP contribution is 2.04. The van der Waals surface area contributed by atoms with Gasteiger partial charge in [-0.05, 0) is 12.1 Å². The van der Waals surface area contributed by atoms with Crippen LogP contribution >= 0.6 is 0 Å². The van der Waals surface area contributed by atoms with Crippen LogP contribution in [-0.2, 0) is 6.54 Å². The second-order valence-corrected chi connectivity index (χ2v) is 2.61. The number of rotatable bonds is 3. The summed E-state index contributed by atoms with van der Waals surface area (Å²) in [5.41, 5.74) is 2.13. The predicted octanol–water partition coefficient (Wildman–Crippen LogP) is -0.157. The smallest absolute Gasteiger partial charge is 0.263 e. The first-order valence-corrected chi connectivity index (χ1v) is 3.82. The topological polar surface area (TPSA) is 95.2 Å². The molecule has 2 aromatic rings. The third kappa shape index (κ3) is 1.63. The van der Waals surface area contributed by atoms with E-state index in [2.05, 4.69) is 36.1 Å². The fourth-order valence-electron chi connectivity index (χ4n) is 0.965. The molecule has 2 heterocycles. The van der Waals surface area contributed by atoms with Gasteiger partial charge in [-0.2, -0.15) is 10.3 Å². The Kier molecular flexibility index (Phi) is 1.91. The van der Waals surface area contributed by atoms with Crippen LogP contribution in [0, 0.1) is 6.92 Å². The van der Waals surface area contributed by atoms with Crippen LogP contribution in [0.1, 0.15) is 11.3 Å². The lowest BCUT2D eigenvalue weighted by Crippen LogP contribution is -2.01. The largest absolute Gasteiger partial charge is 0.347 e. The molecule has 0 aliphatic carbocycles. The summed E-state index contributed by atoms with van der Waals surface area (Å²) < 4.78 is 0. The van der Waals surface area contributed by atoms with Gasteiger partial charge < -0.3 is 5.32 Å². The zero-order valence-electron chi connectivity index (χ0n) is 7.07. The summed E-state index contributed by atoms with van der Waals surface area (Å²) in [6.07, 6.45) is 1.77. The van der Waals surface area contributed by atoms with Crippen molar-refractivity contribution < 1.29 is 0 Å². The molecule has 0 aliphatic rings. The highest BCUT2D eigenvalue weighted by molar-refractivity contribution is 5.24. The highest BCUT2D eigenvalue weighted by atomic mass is 15.5. The molecule has 0 saturated heterocycles. The Balaban J connectivity index is 1.97. The normalized spacial score (nSPS) is 10.2. The molecule has 68 valence electrons. The van der Waals surface area contributed by atoms with Crippen LogP contribution < -0.4 is 5.32 Å². The standard InChI is InChI=1S/C6H9N7/c1-4-5(3-8-9-4)2-7-6-10-12-13-11-6/h3H,2H2,1H3,(H,8,9)(H2,7,10,11,12,13). The molecule has 2 aromatic heterocycles. The van der Waals surface area contributed by atoms with Crippen LogP contribution in [0.2, 0.25) is 0 Å². The fourth-order valence-corrected chi connectivity index (χ4v) is 0.965. The summed E-state index contributed by atoms with van der Waals surface area (Å²) in [7, 11) is 0. The van der Waals surface area contributed by atoms with Crippen LogP contribution in [-0.4, -0.2) is 30.8 Å². The molecule has 13 heavy (non-hydrogen) atoms. The van der Waals surface area contributed by atoms with Gasteiger partial charge in [0.2, 0.25) is 0 Å². The molecule has 0 aliphatic heterocycles. The van der Waals surface area contributed by atoms with Crippen molar-refractivity contribution in [1.29, 1.82) is 0 Å². The molecule has 0 amide bonds. The van der Waals surface area contributed by atoms with Crippen molar-refractivity contribution in [3.63, 3.8) is 0 Å². The predicted molar refractivity (Wildman–Crippen MR) is 44.8 cm³/mol. The van der Waals surface area contributed by atoms with Crippen LogP contribution in [0.25, 0.3) is 0 Å². The molecule has 0 unspecified atom stereocenters. The number of tetrazole rings is 1. The average Bonchev–Trinajstić information content (AvgIpc) is 2.72. The maximum atomic E-state index is 3.89. The van der Waals surface area contributed by atoms with Crippen LogP contribution in [0.15, 0.2) is 6.20 Å². The van der Waals surface area contributed by atoms with E-state index in [0.717, 1.165) is 11.3 Å². The Hall–Kier alpha value is -1.92. The minimum absolute atomic E-state index is 0.487. The molecule has 7 heteroatoms. The van der Waals surface area contributed by atoms with Crippen molar-refractivity contribution in [3.05, 3.63) is 17.5 Å². The first-order chi connectivity index (χ1) is 6.36. The Morgan fingerprint density at radius 1 is 1.54 bits per heavy atom. The second-order valence-electron chi connectivity index (χ2n) is 2.61. The summed E-state index contributed by atoms with van der Waals surface area (Å²) in [6.45, 7) is 2.60. The van der Waals surface area contributed by atoms with E-state index in [1.807, 2.05) is 6.92 Å². The quantitative estimate of drug-likeness (QED) is 0.608. The van der Waals surface area contributed by atoms with E-state index in [9.17, 15) is 0 Å². The Morgan fingerprint density at radius 2 is 2.46 bits per heavy atom. The molecule has 0 saturated carbocycles. The lowest BCUT2D eigenvalue weighted by Gasteiger charge is -1.98. The van der Waals surface area contributed by atoms with Crippen LogP contribution in [0.5, 0.6) is 0 Å². The Morgan fingerprint density at radius 3 is 3.08 bits per heavy atom. The van der Waals surface area contributed by atoms with Gasteiger partial charge in [0, 0.05) is 17.8 Å². The van der Waals surface area contributed by atoms with Crippen molar-refractivity contribution in [2.24, 2.45) is 0 Å². The molecule has 0 atom stereocenters. The van der Waals surface area contributed by atoms with Crippen molar-refractivity contribution in [1.82, 2.24) is 30.8 Å². The number of nitrogens with one attached hydrogen (secondary N) is 3. The number of anilines is 1. The number of H-pyrrole nitrogens is 2. The second kappa shape index (κ2) is 3.21. The summed E-state index contributed by atoms with van der Waals surface area (Å²) in [4.78, 5) is 0.